The standard InChI is InChI=1S/C31H33N3O4/c1-3-25-21-38-26(20-32-25)19-18-22-12-10-11-17-27(22)33-30(35)29(34-31(36)37-2)28(23-13-6-4-7-14-23)24-15-8-5-9-16-24/h1,4-17,25-26,28-29,32H,18-21H2,2H3,(H,33,35)(H,34,36)/t25?,26-,29?/m1/s1. The van der Waals surface area contributed by atoms with E-state index < -0.39 is 18.1 Å². The number of para-hydroxylation sites is 1. The molecule has 1 fully saturated rings. The Morgan fingerprint density at radius 2 is 1.66 bits per heavy atom. The van der Waals surface area contributed by atoms with E-state index in [1.807, 2.05) is 84.9 Å². The van der Waals surface area contributed by atoms with Crippen LogP contribution in [0.5, 0.6) is 0 Å². The van der Waals surface area contributed by atoms with Crippen molar-refractivity contribution < 1.29 is 19.1 Å². The fourth-order valence-electron chi connectivity index (χ4n) is 4.69. The number of carbonyl (C=O) groups is 2. The van der Waals surface area contributed by atoms with E-state index in [2.05, 4.69) is 21.9 Å². The van der Waals surface area contributed by atoms with Crippen molar-refractivity contribution >= 4 is 17.7 Å². The summed E-state index contributed by atoms with van der Waals surface area (Å²) in [5.41, 5.74) is 3.47. The van der Waals surface area contributed by atoms with Gasteiger partial charge in [-0.1, -0.05) is 84.8 Å². The Kier molecular flexibility index (Phi) is 9.52. The summed E-state index contributed by atoms with van der Waals surface area (Å²) in [4.78, 5) is 26.2. The number of ether oxygens (including phenoxy) is 2. The van der Waals surface area contributed by atoms with Gasteiger partial charge >= 0.3 is 6.09 Å². The highest BCUT2D eigenvalue weighted by molar-refractivity contribution is 5.98. The molecule has 38 heavy (non-hydrogen) atoms. The Labute approximate surface area is 223 Å². The molecule has 3 aromatic rings. The maximum Gasteiger partial charge on any atom is 0.407 e. The van der Waals surface area contributed by atoms with Crippen LogP contribution in [0.3, 0.4) is 0 Å². The number of hydrogen-bond acceptors (Lipinski definition) is 5. The summed E-state index contributed by atoms with van der Waals surface area (Å²) in [5.74, 6) is 1.89. The molecule has 196 valence electrons. The average Bonchev–Trinajstić information content (AvgIpc) is 2.97. The molecule has 7 nitrogen and oxygen atoms in total. The van der Waals surface area contributed by atoms with Gasteiger partial charge in [-0.3, -0.25) is 10.1 Å². The Bertz CT molecular complexity index is 1200. The van der Waals surface area contributed by atoms with Crippen LogP contribution in [0.4, 0.5) is 10.5 Å². The number of carbonyl (C=O) groups excluding carboxylic acids is 2. The third-order valence-electron chi connectivity index (χ3n) is 6.69. The topological polar surface area (TPSA) is 88.7 Å². The minimum atomic E-state index is -0.924. The van der Waals surface area contributed by atoms with E-state index in [0.29, 0.717) is 25.3 Å². The smallest absolute Gasteiger partial charge is 0.407 e. The Morgan fingerprint density at radius 1 is 1.03 bits per heavy atom. The summed E-state index contributed by atoms with van der Waals surface area (Å²) in [6, 6.07) is 26.0. The van der Waals surface area contributed by atoms with Crippen molar-refractivity contribution in [3.05, 3.63) is 102 Å². The third-order valence-corrected chi connectivity index (χ3v) is 6.69. The number of anilines is 1. The summed E-state index contributed by atoms with van der Waals surface area (Å²) in [5, 5.41) is 9.15. The summed E-state index contributed by atoms with van der Waals surface area (Å²) in [6.45, 7) is 1.17. The number of amides is 2. The first-order valence-electron chi connectivity index (χ1n) is 12.7. The molecule has 0 spiro atoms. The number of methoxy groups -OCH3 is 1. The van der Waals surface area contributed by atoms with Crippen molar-refractivity contribution in [1.29, 1.82) is 0 Å². The molecular formula is C31H33N3O4. The number of hydrogen-bond donors (Lipinski definition) is 3. The first kappa shape index (κ1) is 26.9. The quantitative estimate of drug-likeness (QED) is 0.377. The molecule has 1 heterocycles. The van der Waals surface area contributed by atoms with Crippen LogP contribution in [0.1, 0.15) is 29.0 Å². The minimum absolute atomic E-state index is 0.0395. The predicted molar refractivity (Wildman–Crippen MR) is 148 cm³/mol. The first-order valence-corrected chi connectivity index (χ1v) is 12.7. The van der Waals surface area contributed by atoms with Crippen LogP contribution in [-0.4, -0.2) is 50.4 Å². The third kappa shape index (κ3) is 7.00. The number of benzene rings is 3. The van der Waals surface area contributed by atoms with Crippen LogP contribution in [0.25, 0.3) is 0 Å². The van der Waals surface area contributed by atoms with Crippen molar-refractivity contribution in [1.82, 2.24) is 10.6 Å². The highest BCUT2D eigenvalue weighted by atomic mass is 16.5. The second kappa shape index (κ2) is 13.4. The molecule has 2 unspecified atom stereocenters. The molecule has 1 saturated heterocycles. The van der Waals surface area contributed by atoms with Crippen molar-refractivity contribution in [2.45, 2.75) is 36.9 Å². The van der Waals surface area contributed by atoms with Gasteiger partial charge in [-0.05, 0) is 35.6 Å². The minimum Gasteiger partial charge on any atom is -0.453 e. The zero-order valence-corrected chi connectivity index (χ0v) is 21.4. The van der Waals surface area contributed by atoms with Gasteiger partial charge in [-0.25, -0.2) is 4.79 Å². The normalized spacial score (nSPS) is 17.7. The second-order valence-corrected chi connectivity index (χ2v) is 9.18. The second-order valence-electron chi connectivity index (χ2n) is 9.18. The molecule has 0 radical (unpaired) electrons. The van der Waals surface area contributed by atoms with Crippen molar-refractivity contribution in [2.75, 3.05) is 25.6 Å². The van der Waals surface area contributed by atoms with E-state index in [9.17, 15) is 9.59 Å². The van der Waals surface area contributed by atoms with Crippen LogP contribution in [-0.2, 0) is 20.7 Å². The summed E-state index contributed by atoms with van der Waals surface area (Å²) in [6.07, 6.45) is 6.32. The Hall–Kier alpha value is -4.12. The number of rotatable bonds is 9. The van der Waals surface area contributed by atoms with E-state index in [1.54, 1.807) is 0 Å². The van der Waals surface area contributed by atoms with Gasteiger partial charge in [0.25, 0.3) is 0 Å². The van der Waals surface area contributed by atoms with Crippen LogP contribution >= 0.6 is 0 Å². The van der Waals surface area contributed by atoms with Gasteiger partial charge in [0.15, 0.2) is 0 Å². The lowest BCUT2D eigenvalue weighted by Gasteiger charge is -2.29. The molecule has 0 saturated carbocycles. The van der Waals surface area contributed by atoms with E-state index in [1.165, 1.54) is 7.11 Å². The summed E-state index contributed by atoms with van der Waals surface area (Å²) < 4.78 is 10.8. The molecular weight excluding hydrogens is 478 g/mol. The van der Waals surface area contributed by atoms with E-state index in [4.69, 9.17) is 15.9 Å². The molecule has 3 aromatic carbocycles. The zero-order chi connectivity index (χ0) is 26.7. The van der Waals surface area contributed by atoms with Gasteiger partial charge in [0, 0.05) is 18.2 Å². The average molecular weight is 512 g/mol. The molecule has 0 aromatic heterocycles. The molecule has 3 N–H and O–H groups in total. The molecule has 1 aliphatic heterocycles. The molecule has 2 amide bonds. The van der Waals surface area contributed by atoms with Crippen LogP contribution in [0.2, 0.25) is 0 Å². The molecule has 1 aliphatic rings. The van der Waals surface area contributed by atoms with Gasteiger partial charge < -0.3 is 20.1 Å². The zero-order valence-electron chi connectivity index (χ0n) is 21.4. The molecule has 4 rings (SSSR count). The van der Waals surface area contributed by atoms with Gasteiger partial charge in [-0.2, -0.15) is 0 Å². The maximum atomic E-state index is 13.8. The number of alkyl carbamates (subject to hydrolysis) is 1. The first-order chi connectivity index (χ1) is 18.6. The molecule has 0 bridgehead atoms. The lowest BCUT2D eigenvalue weighted by molar-refractivity contribution is -0.118. The number of nitrogens with one attached hydrogen (secondary N) is 3. The van der Waals surface area contributed by atoms with Crippen LogP contribution in [0, 0.1) is 12.3 Å². The lowest BCUT2D eigenvalue weighted by Crippen LogP contribution is -2.48. The fraction of sp³-hybridized carbons (Fsp3) is 0.290. The Morgan fingerprint density at radius 3 is 2.24 bits per heavy atom. The van der Waals surface area contributed by atoms with Crippen molar-refractivity contribution in [3.8, 4) is 12.3 Å². The highest BCUT2D eigenvalue weighted by Gasteiger charge is 2.33. The van der Waals surface area contributed by atoms with E-state index in [0.717, 1.165) is 23.1 Å². The number of aryl methyl sites for hydroxylation is 1. The maximum absolute atomic E-state index is 13.8. The van der Waals surface area contributed by atoms with Crippen LogP contribution < -0.4 is 16.0 Å². The molecule has 3 atom stereocenters. The molecule has 0 aliphatic carbocycles. The van der Waals surface area contributed by atoms with Gasteiger partial charge in [0.1, 0.15) is 6.04 Å². The summed E-state index contributed by atoms with van der Waals surface area (Å²) in [7, 11) is 1.29. The van der Waals surface area contributed by atoms with Crippen molar-refractivity contribution in [2.24, 2.45) is 0 Å². The molecule has 7 heteroatoms. The van der Waals surface area contributed by atoms with E-state index >= 15 is 0 Å². The summed E-state index contributed by atoms with van der Waals surface area (Å²) >= 11 is 0. The predicted octanol–water partition coefficient (Wildman–Crippen LogP) is 4.10. The SMILES string of the molecule is C#CC1CO[C@H](CCc2ccccc2NC(=O)C(NC(=O)OC)C(c2ccccc2)c2ccccc2)CN1. The van der Waals surface area contributed by atoms with Gasteiger partial charge in [0.05, 0.1) is 25.9 Å². The van der Waals surface area contributed by atoms with Gasteiger partial charge in [-0.15, -0.1) is 6.42 Å². The van der Waals surface area contributed by atoms with E-state index in [-0.39, 0.29) is 18.1 Å². The fourth-order valence-corrected chi connectivity index (χ4v) is 4.69. The lowest BCUT2D eigenvalue weighted by atomic mass is 9.84. The van der Waals surface area contributed by atoms with Crippen LogP contribution in [0.15, 0.2) is 84.9 Å². The van der Waals surface area contributed by atoms with Crippen molar-refractivity contribution in [3.63, 3.8) is 0 Å². The monoisotopic (exact) mass is 511 g/mol. The Balaban J connectivity index is 1.56. The number of morpholine rings is 1. The highest BCUT2D eigenvalue weighted by Crippen LogP contribution is 2.30. The largest absolute Gasteiger partial charge is 0.453 e. The van der Waals surface area contributed by atoms with Gasteiger partial charge in [0.2, 0.25) is 5.91 Å². The number of terminal acetylenes is 1.